The summed E-state index contributed by atoms with van der Waals surface area (Å²) in [6.07, 6.45) is 0. The van der Waals surface area contributed by atoms with Gasteiger partial charge in [-0.25, -0.2) is 4.98 Å². The molecule has 3 aromatic carbocycles. The van der Waals surface area contributed by atoms with Gasteiger partial charge < -0.3 is 5.32 Å². The number of hydrogen-bond acceptors (Lipinski definition) is 4. The lowest BCUT2D eigenvalue weighted by Crippen LogP contribution is -2.23. The Morgan fingerprint density at radius 1 is 0.968 bits per heavy atom. The van der Waals surface area contributed by atoms with Crippen LogP contribution in [0.5, 0.6) is 0 Å². The number of hydrogen-bond donors (Lipinski definition) is 1. The molecule has 31 heavy (non-hydrogen) atoms. The summed E-state index contributed by atoms with van der Waals surface area (Å²) in [5.41, 5.74) is 4.20. The van der Waals surface area contributed by atoms with E-state index < -0.39 is 5.25 Å². The summed E-state index contributed by atoms with van der Waals surface area (Å²) in [5.74, 6) is -0.168. The second kappa shape index (κ2) is 8.78. The van der Waals surface area contributed by atoms with Crippen molar-refractivity contribution in [2.45, 2.75) is 24.3 Å². The first kappa shape index (κ1) is 20.9. The Morgan fingerprint density at radius 2 is 1.65 bits per heavy atom. The first-order valence-corrected chi connectivity index (χ1v) is 10.9. The summed E-state index contributed by atoms with van der Waals surface area (Å²) < 4.78 is 1.52. The number of thioether (sulfide) groups is 1. The largest absolute Gasteiger partial charge is 0.325 e. The summed E-state index contributed by atoms with van der Waals surface area (Å²) in [6.45, 7) is 3.95. The fourth-order valence-electron chi connectivity index (χ4n) is 3.32. The quantitative estimate of drug-likeness (QED) is 0.357. The van der Waals surface area contributed by atoms with Crippen LogP contribution in [0.15, 0.2) is 82.7 Å². The SMILES string of the molecule is Cc1ccc(NC(=O)C(Sc2nc3ccc(C)cc3c(=O)n2C)c2ccccc2)cc1. The van der Waals surface area contributed by atoms with Crippen LogP contribution in [0.1, 0.15) is 21.9 Å². The van der Waals surface area contributed by atoms with Gasteiger partial charge in [-0.1, -0.05) is 71.4 Å². The number of carbonyl (C=O) groups excluding carboxylic acids is 1. The summed E-state index contributed by atoms with van der Waals surface area (Å²) in [4.78, 5) is 30.9. The fourth-order valence-corrected chi connectivity index (χ4v) is 4.38. The van der Waals surface area contributed by atoms with Gasteiger partial charge in [-0.05, 0) is 43.7 Å². The summed E-state index contributed by atoms with van der Waals surface area (Å²) in [5, 5.41) is 3.50. The van der Waals surface area contributed by atoms with Gasteiger partial charge in [0.2, 0.25) is 5.91 Å². The van der Waals surface area contributed by atoms with Gasteiger partial charge >= 0.3 is 0 Å². The molecule has 0 bridgehead atoms. The molecule has 6 heteroatoms. The summed E-state index contributed by atoms with van der Waals surface area (Å²) in [6, 6.07) is 22.8. The first-order chi connectivity index (χ1) is 14.9. The third-order valence-corrected chi connectivity index (χ3v) is 6.37. The van der Waals surface area contributed by atoms with Crippen LogP contribution in [0, 0.1) is 13.8 Å². The van der Waals surface area contributed by atoms with E-state index in [9.17, 15) is 9.59 Å². The van der Waals surface area contributed by atoms with Gasteiger partial charge in [0.25, 0.3) is 5.56 Å². The molecule has 4 aromatic rings. The van der Waals surface area contributed by atoms with Crippen LogP contribution in [0.2, 0.25) is 0 Å². The van der Waals surface area contributed by atoms with Crippen LogP contribution in [-0.2, 0) is 11.8 Å². The monoisotopic (exact) mass is 429 g/mol. The number of aromatic nitrogens is 2. The Labute approximate surface area is 185 Å². The lowest BCUT2D eigenvalue weighted by atomic mass is 10.1. The molecule has 0 aliphatic rings. The molecular formula is C25H23N3O2S. The van der Waals surface area contributed by atoms with Crippen molar-refractivity contribution in [1.82, 2.24) is 9.55 Å². The Hall–Kier alpha value is -3.38. The van der Waals surface area contributed by atoms with Crippen molar-refractivity contribution < 1.29 is 4.79 Å². The molecule has 1 amide bonds. The molecule has 0 saturated carbocycles. The topological polar surface area (TPSA) is 64.0 Å². The lowest BCUT2D eigenvalue weighted by Gasteiger charge is -2.18. The number of aryl methyl sites for hydroxylation is 2. The number of nitrogens with zero attached hydrogens (tertiary/aromatic N) is 2. The van der Waals surface area contributed by atoms with Gasteiger partial charge in [0.15, 0.2) is 5.16 Å². The molecule has 0 aliphatic carbocycles. The van der Waals surface area contributed by atoms with Crippen LogP contribution < -0.4 is 10.9 Å². The Kier molecular flexibility index (Phi) is 5.91. The molecule has 1 heterocycles. The zero-order valence-electron chi connectivity index (χ0n) is 17.6. The highest BCUT2D eigenvalue weighted by molar-refractivity contribution is 8.00. The third kappa shape index (κ3) is 4.54. The van der Waals surface area contributed by atoms with Gasteiger partial charge in [0.05, 0.1) is 10.9 Å². The normalized spacial score (nSPS) is 12.0. The number of fused-ring (bicyclic) bond motifs is 1. The minimum Gasteiger partial charge on any atom is -0.325 e. The Morgan fingerprint density at radius 3 is 2.35 bits per heavy atom. The number of nitrogens with one attached hydrogen (secondary N) is 1. The van der Waals surface area contributed by atoms with E-state index in [-0.39, 0.29) is 11.5 Å². The number of anilines is 1. The molecular weight excluding hydrogens is 406 g/mol. The molecule has 0 fully saturated rings. The van der Waals surface area contributed by atoms with Crippen LogP contribution in [0.3, 0.4) is 0 Å². The van der Waals surface area contributed by atoms with E-state index in [1.54, 1.807) is 7.05 Å². The Bertz CT molecular complexity index is 1300. The van der Waals surface area contributed by atoms with Crippen molar-refractivity contribution in [3.05, 3.63) is 99.8 Å². The van der Waals surface area contributed by atoms with E-state index in [0.29, 0.717) is 16.1 Å². The predicted molar refractivity (Wildman–Crippen MR) is 127 cm³/mol. The van der Waals surface area contributed by atoms with Crippen molar-refractivity contribution in [3.8, 4) is 0 Å². The van der Waals surface area contributed by atoms with Gasteiger partial charge in [-0.2, -0.15) is 0 Å². The molecule has 0 saturated heterocycles. The highest BCUT2D eigenvalue weighted by atomic mass is 32.2. The van der Waals surface area contributed by atoms with E-state index in [1.807, 2.05) is 86.6 Å². The number of carbonyl (C=O) groups is 1. The van der Waals surface area contributed by atoms with E-state index in [4.69, 9.17) is 0 Å². The Balaban J connectivity index is 1.72. The highest BCUT2D eigenvalue weighted by Crippen LogP contribution is 2.35. The van der Waals surface area contributed by atoms with Crippen molar-refractivity contribution in [3.63, 3.8) is 0 Å². The highest BCUT2D eigenvalue weighted by Gasteiger charge is 2.24. The van der Waals surface area contributed by atoms with E-state index in [1.165, 1.54) is 16.3 Å². The van der Waals surface area contributed by atoms with Gasteiger partial charge in [0, 0.05) is 12.7 Å². The second-order valence-electron chi connectivity index (χ2n) is 7.54. The molecule has 4 rings (SSSR count). The smallest absolute Gasteiger partial charge is 0.261 e. The van der Waals surface area contributed by atoms with Crippen LogP contribution in [0.25, 0.3) is 10.9 Å². The van der Waals surface area contributed by atoms with Gasteiger partial charge in [-0.3, -0.25) is 14.2 Å². The molecule has 1 aromatic heterocycles. The fraction of sp³-hybridized carbons (Fsp3) is 0.160. The van der Waals surface area contributed by atoms with Crippen LogP contribution >= 0.6 is 11.8 Å². The van der Waals surface area contributed by atoms with Crippen molar-refractivity contribution >= 4 is 34.3 Å². The second-order valence-corrected chi connectivity index (χ2v) is 8.62. The van der Waals surface area contributed by atoms with Crippen LogP contribution in [-0.4, -0.2) is 15.5 Å². The van der Waals surface area contributed by atoms with E-state index >= 15 is 0 Å². The minimum absolute atomic E-state index is 0.123. The molecule has 156 valence electrons. The van der Waals surface area contributed by atoms with Gasteiger partial charge in [-0.15, -0.1) is 0 Å². The number of amides is 1. The molecule has 0 radical (unpaired) electrons. The van der Waals surface area contributed by atoms with E-state index in [2.05, 4.69) is 10.3 Å². The number of benzene rings is 3. The maximum atomic E-state index is 13.3. The van der Waals surface area contributed by atoms with Gasteiger partial charge in [0.1, 0.15) is 5.25 Å². The minimum atomic E-state index is -0.566. The maximum absolute atomic E-state index is 13.3. The van der Waals surface area contributed by atoms with Crippen molar-refractivity contribution in [2.75, 3.05) is 5.32 Å². The predicted octanol–water partition coefficient (Wildman–Crippen LogP) is 5.02. The summed E-state index contributed by atoms with van der Waals surface area (Å²) >= 11 is 1.27. The van der Waals surface area contributed by atoms with Crippen LogP contribution in [0.4, 0.5) is 5.69 Å². The van der Waals surface area contributed by atoms with E-state index in [0.717, 1.165) is 22.4 Å². The third-order valence-electron chi connectivity index (χ3n) is 5.07. The summed E-state index contributed by atoms with van der Waals surface area (Å²) in [7, 11) is 1.69. The van der Waals surface area contributed by atoms with Crippen molar-refractivity contribution in [2.24, 2.45) is 7.05 Å². The zero-order valence-corrected chi connectivity index (χ0v) is 18.4. The zero-order chi connectivity index (χ0) is 22.0. The molecule has 1 N–H and O–H groups in total. The molecule has 0 spiro atoms. The lowest BCUT2D eigenvalue weighted by molar-refractivity contribution is -0.115. The molecule has 1 unspecified atom stereocenters. The molecule has 0 aliphatic heterocycles. The number of rotatable bonds is 5. The average Bonchev–Trinajstić information content (AvgIpc) is 2.78. The standard InChI is InChI=1S/C25H23N3O2S/c1-16-9-12-19(13-10-16)26-23(29)22(18-7-5-4-6-8-18)31-25-27-21-14-11-17(2)15-20(21)24(30)28(25)3/h4-15,22H,1-3H3,(H,26,29). The average molecular weight is 430 g/mol. The maximum Gasteiger partial charge on any atom is 0.261 e. The molecule has 1 atom stereocenters. The van der Waals surface area contributed by atoms with Crippen molar-refractivity contribution in [1.29, 1.82) is 0 Å². The molecule has 5 nitrogen and oxygen atoms in total. The first-order valence-electron chi connectivity index (χ1n) is 9.99.